The molecule has 0 saturated carbocycles. The average Bonchev–Trinajstić information content (AvgIpc) is 2.79. The summed E-state index contributed by atoms with van der Waals surface area (Å²) < 4.78 is 0. The molecule has 0 aromatic carbocycles. The van der Waals surface area contributed by atoms with Crippen molar-refractivity contribution in [3.8, 4) is 0 Å². The monoisotopic (exact) mass is 602 g/mol. The van der Waals surface area contributed by atoms with Gasteiger partial charge in [0.25, 0.3) is 0 Å². The number of carboxylic acid groups (broad SMARTS) is 2. The maximum atomic E-state index is 10.2. The van der Waals surface area contributed by atoms with Crippen LogP contribution in [0.15, 0.2) is 0 Å². The Hall–Kier alpha value is -0.437. The Balaban J connectivity index is -0.000000648. The van der Waals surface area contributed by atoms with Crippen LogP contribution < -0.4 is 10.2 Å². The molecule has 0 heterocycles. The van der Waals surface area contributed by atoms with E-state index in [0.717, 1.165) is 25.7 Å². The summed E-state index contributed by atoms with van der Waals surface area (Å²) in [6, 6.07) is 0. The van der Waals surface area contributed by atoms with Crippen molar-refractivity contribution >= 4 is 11.9 Å². The molecule has 0 aromatic rings. The van der Waals surface area contributed by atoms with Crippen LogP contribution in [-0.4, -0.2) is 11.9 Å². The van der Waals surface area contributed by atoms with Crippen LogP contribution >= 0.6 is 0 Å². The molecule has 0 aliphatic heterocycles. The van der Waals surface area contributed by atoms with Crippen LogP contribution in [0.25, 0.3) is 0 Å². The van der Waals surface area contributed by atoms with Gasteiger partial charge >= 0.3 is 19.5 Å². The van der Waals surface area contributed by atoms with Crippen LogP contribution in [0.4, 0.5) is 0 Å². The quantitative estimate of drug-likeness (QED) is 0.0814. The number of carboxylic acids is 2. The average molecular weight is 604 g/mol. The Morgan fingerprint density at radius 3 is 0.744 bits per heavy atom. The fraction of sp³-hybridized carbons (Fsp3) is 0.941. The maximum Gasteiger partial charge on any atom is 2.00 e. The molecule has 0 N–H and O–H groups in total. The van der Waals surface area contributed by atoms with E-state index in [0.29, 0.717) is 10.8 Å². The summed E-state index contributed by atoms with van der Waals surface area (Å²) in [7, 11) is 0. The first-order chi connectivity index (χ1) is 17.8. The van der Waals surface area contributed by atoms with Crippen LogP contribution in [0.2, 0.25) is 0 Å². The summed E-state index contributed by atoms with van der Waals surface area (Å²) in [4.78, 5) is 20.4. The molecule has 0 unspecified atom stereocenters. The molecule has 0 radical (unpaired) electrons. The van der Waals surface area contributed by atoms with Gasteiger partial charge in [-0.25, -0.2) is 0 Å². The van der Waals surface area contributed by atoms with Crippen molar-refractivity contribution in [1.82, 2.24) is 0 Å². The number of carbonyl (C=O) groups excluding carboxylic acids is 2. The first-order valence-corrected chi connectivity index (χ1v) is 16.2. The van der Waals surface area contributed by atoms with E-state index in [1.54, 1.807) is 0 Å². The van der Waals surface area contributed by atoms with E-state index in [2.05, 4.69) is 41.5 Å². The zero-order valence-electron chi connectivity index (χ0n) is 27.3. The second-order valence-electron chi connectivity index (χ2n) is 13.9. The van der Waals surface area contributed by atoms with Gasteiger partial charge in [-0.1, -0.05) is 157 Å². The molecule has 0 aliphatic carbocycles. The van der Waals surface area contributed by atoms with E-state index in [1.165, 1.54) is 116 Å². The zero-order valence-corrected chi connectivity index (χ0v) is 30.3. The molecule has 0 aromatic heterocycles. The molecule has 0 fully saturated rings. The van der Waals surface area contributed by atoms with E-state index in [9.17, 15) is 19.8 Å². The van der Waals surface area contributed by atoms with Gasteiger partial charge in [-0.15, -0.1) is 0 Å². The topological polar surface area (TPSA) is 80.3 Å². The molecule has 0 aliphatic rings. The molecule has 0 bridgehead atoms. The number of unbranched alkanes of at least 4 members (excludes halogenated alkanes) is 18. The van der Waals surface area contributed by atoms with Gasteiger partial charge in [0.05, 0.1) is 0 Å². The van der Waals surface area contributed by atoms with Gasteiger partial charge in [-0.05, 0) is 49.4 Å². The molecule has 0 atom stereocenters. The van der Waals surface area contributed by atoms with Crippen molar-refractivity contribution in [3.05, 3.63) is 0 Å². The molecular formula is C34H66O4Zn. The summed E-state index contributed by atoms with van der Waals surface area (Å²) in [5, 5.41) is 20.4. The summed E-state index contributed by atoms with van der Waals surface area (Å²) in [5.74, 6) is -1.81. The van der Waals surface area contributed by atoms with Gasteiger partial charge in [-0.2, -0.15) is 0 Å². The predicted molar refractivity (Wildman–Crippen MR) is 160 cm³/mol. The number of hydrogen-bond acceptors (Lipinski definition) is 4. The van der Waals surface area contributed by atoms with Gasteiger partial charge in [0, 0.05) is 11.9 Å². The van der Waals surface area contributed by atoms with Crippen LogP contribution in [0, 0.1) is 10.8 Å². The smallest absolute Gasteiger partial charge is 0.550 e. The third-order valence-electron chi connectivity index (χ3n) is 7.12. The Bertz CT molecular complexity index is 486. The van der Waals surface area contributed by atoms with Crippen molar-refractivity contribution in [2.24, 2.45) is 10.8 Å². The van der Waals surface area contributed by atoms with Crippen molar-refractivity contribution in [2.45, 2.75) is 196 Å². The fourth-order valence-corrected chi connectivity index (χ4v) is 4.68. The van der Waals surface area contributed by atoms with Crippen LogP contribution in [0.3, 0.4) is 0 Å². The molecule has 39 heavy (non-hydrogen) atoms. The minimum Gasteiger partial charge on any atom is -0.550 e. The van der Waals surface area contributed by atoms with Crippen LogP contribution in [0.1, 0.15) is 196 Å². The summed E-state index contributed by atoms with van der Waals surface area (Å²) in [6.45, 7) is 13.9. The molecule has 0 saturated heterocycles. The number of carbonyl (C=O) groups is 2. The first-order valence-electron chi connectivity index (χ1n) is 16.2. The molecule has 0 amide bonds. The van der Waals surface area contributed by atoms with Gasteiger partial charge in [0.15, 0.2) is 0 Å². The van der Waals surface area contributed by atoms with Crippen molar-refractivity contribution < 1.29 is 39.3 Å². The largest absolute Gasteiger partial charge is 2.00 e. The second kappa shape index (κ2) is 29.1. The van der Waals surface area contributed by atoms with Gasteiger partial charge in [0.2, 0.25) is 0 Å². The van der Waals surface area contributed by atoms with Crippen molar-refractivity contribution in [1.29, 1.82) is 0 Å². The zero-order chi connectivity index (χ0) is 29.1. The van der Waals surface area contributed by atoms with Crippen LogP contribution in [-0.2, 0) is 29.1 Å². The first kappa shape index (κ1) is 43.0. The SMILES string of the molecule is CC(C)(C)CCCCCCCCCCCCC(=O)[O-].CC(C)(C)CCCCCCCCCCCCC(=O)[O-].[Zn+2]. The summed E-state index contributed by atoms with van der Waals surface area (Å²) >= 11 is 0. The van der Waals surface area contributed by atoms with Crippen molar-refractivity contribution in [2.75, 3.05) is 0 Å². The standard InChI is InChI=1S/2C17H34O2.Zn/c2*1-17(2,3)15-13-11-9-7-5-4-6-8-10-12-14-16(18)19;/h2*4-15H2,1-3H3,(H,18,19);/q;;+2/p-2. The normalized spacial score (nSPS) is 11.4. The predicted octanol–water partition coefficient (Wildman–Crippen LogP) is 8.92. The van der Waals surface area contributed by atoms with E-state index in [-0.39, 0.29) is 32.3 Å². The third-order valence-corrected chi connectivity index (χ3v) is 7.12. The van der Waals surface area contributed by atoms with E-state index in [1.807, 2.05) is 0 Å². The Morgan fingerprint density at radius 2 is 0.564 bits per heavy atom. The van der Waals surface area contributed by atoms with Gasteiger partial charge in [-0.3, -0.25) is 0 Å². The number of hydrogen-bond donors (Lipinski definition) is 0. The molecule has 5 heteroatoms. The number of rotatable bonds is 24. The van der Waals surface area contributed by atoms with Gasteiger partial charge < -0.3 is 19.8 Å². The minimum atomic E-state index is -0.907. The van der Waals surface area contributed by atoms with E-state index < -0.39 is 11.9 Å². The maximum absolute atomic E-state index is 10.2. The molecule has 4 nitrogen and oxygen atoms in total. The van der Waals surface area contributed by atoms with E-state index >= 15 is 0 Å². The molecule has 0 rings (SSSR count). The molecule has 228 valence electrons. The molecular weight excluding hydrogens is 538 g/mol. The van der Waals surface area contributed by atoms with Crippen molar-refractivity contribution in [3.63, 3.8) is 0 Å². The fourth-order valence-electron chi connectivity index (χ4n) is 4.68. The second-order valence-corrected chi connectivity index (χ2v) is 13.9. The Labute approximate surface area is 257 Å². The third kappa shape index (κ3) is 47.7. The van der Waals surface area contributed by atoms with Gasteiger partial charge in [0.1, 0.15) is 0 Å². The number of aliphatic carboxylic acids is 2. The Kier molecular flexibility index (Phi) is 32.1. The minimum absolute atomic E-state index is 0. The summed E-state index contributed by atoms with van der Waals surface area (Å²) in [6.07, 6.45) is 27.9. The van der Waals surface area contributed by atoms with Crippen LogP contribution in [0.5, 0.6) is 0 Å². The van der Waals surface area contributed by atoms with E-state index in [4.69, 9.17) is 0 Å². The summed E-state index contributed by atoms with van der Waals surface area (Å²) in [5.41, 5.74) is 0.983. The molecule has 0 spiro atoms. The Morgan fingerprint density at radius 1 is 0.385 bits per heavy atom.